The Morgan fingerprint density at radius 1 is 1.24 bits per heavy atom. The molecule has 1 aromatic heterocycles. The van der Waals surface area contributed by atoms with Gasteiger partial charge in [-0.25, -0.2) is 0 Å². The van der Waals surface area contributed by atoms with Crippen LogP contribution in [0.2, 0.25) is 0 Å². The van der Waals surface area contributed by atoms with Crippen molar-refractivity contribution in [3.05, 3.63) is 36.1 Å². The van der Waals surface area contributed by atoms with Crippen LogP contribution in [0.1, 0.15) is 25.6 Å². The van der Waals surface area contributed by atoms with E-state index in [0.29, 0.717) is 0 Å². The molecule has 0 aliphatic carbocycles. The van der Waals surface area contributed by atoms with Gasteiger partial charge in [-0.1, -0.05) is 32.0 Å². The van der Waals surface area contributed by atoms with E-state index in [2.05, 4.69) is 42.3 Å². The average Bonchev–Trinajstić information content (AvgIpc) is 2.95. The Bertz CT molecular complexity index is 503. The minimum atomic E-state index is 0.277. The van der Waals surface area contributed by atoms with Gasteiger partial charge in [0.2, 0.25) is 0 Å². The van der Waals surface area contributed by atoms with E-state index in [1.165, 1.54) is 11.1 Å². The highest BCUT2D eigenvalue weighted by Gasteiger charge is 2.14. The van der Waals surface area contributed by atoms with Gasteiger partial charge in [0.25, 0.3) is 0 Å². The van der Waals surface area contributed by atoms with Crippen molar-refractivity contribution in [2.24, 2.45) is 0 Å². The van der Waals surface area contributed by atoms with Crippen molar-refractivity contribution in [2.45, 2.75) is 19.9 Å². The molecule has 1 atom stereocenters. The molecule has 1 unspecified atom stereocenters. The fourth-order valence-electron chi connectivity index (χ4n) is 2.42. The van der Waals surface area contributed by atoms with Crippen LogP contribution in [0.5, 0.6) is 0 Å². The molecule has 1 aromatic carbocycles. The zero-order valence-corrected chi connectivity index (χ0v) is 14.1. The highest BCUT2D eigenvalue weighted by atomic mass is 32.2. The number of hydrogen-bond donors (Lipinski definition) is 1. The maximum absolute atomic E-state index is 5.96. The molecule has 1 heterocycles. The van der Waals surface area contributed by atoms with Gasteiger partial charge in [0.05, 0.1) is 6.04 Å². The standard InChI is InChI=1S/C17H26N2OS/c1-4-19(5-2)10-11-21-13-15(18-3)17-12-14-8-6-7-9-16(14)20-17/h6-9,12,15,18H,4-5,10-11,13H2,1-3H3. The number of nitrogens with one attached hydrogen (secondary N) is 1. The molecule has 0 aliphatic heterocycles. The predicted molar refractivity (Wildman–Crippen MR) is 93.1 cm³/mol. The lowest BCUT2D eigenvalue weighted by molar-refractivity contribution is 0.324. The zero-order valence-electron chi connectivity index (χ0n) is 13.3. The number of rotatable bonds is 9. The molecule has 0 amide bonds. The van der Waals surface area contributed by atoms with Crippen LogP contribution in [0.4, 0.5) is 0 Å². The van der Waals surface area contributed by atoms with E-state index in [9.17, 15) is 0 Å². The van der Waals surface area contributed by atoms with Gasteiger partial charge in [-0.05, 0) is 32.3 Å². The number of nitrogens with zero attached hydrogens (tertiary/aromatic N) is 1. The topological polar surface area (TPSA) is 28.4 Å². The predicted octanol–water partition coefficient (Wildman–Crippen LogP) is 3.77. The molecule has 0 aliphatic rings. The molecule has 0 bridgehead atoms. The van der Waals surface area contributed by atoms with Gasteiger partial charge >= 0.3 is 0 Å². The van der Waals surface area contributed by atoms with Gasteiger partial charge in [0, 0.05) is 23.4 Å². The second kappa shape index (κ2) is 8.47. The minimum absolute atomic E-state index is 0.277. The van der Waals surface area contributed by atoms with Gasteiger partial charge < -0.3 is 14.6 Å². The van der Waals surface area contributed by atoms with Gasteiger partial charge in [-0.15, -0.1) is 0 Å². The SMILES string of the molecule is CCN(CC)CCSCC(NC)c1cc2ccccc2o1. The molecule has 1 N–H and O–H groups in total. The molecule has 0 radical (unpaired) electrons. The summed E-state index contributed by atoms with van der Waals surface area (Å²) in [5.41, 5.74) is 0.973. The Morgan fingerprint density at radius 2 is 2.00 bits per heavy atom. The average molecular weight is 306 g/mol. The molecule has 3 nitrogen and oxygen atoms in total. The molecule has 2 aromatic rings. The summed E-state index contributed by atoms with van der Waals surface area (Å²) < 4.78 is 5.96. The molecule has 0 saturated heterocycles. The van der Waals surface area contributed by atoms with E-state index in [1.54, 1.807) is 0 Å². The third-order valence-corrected chi connectivity index (χ3v) is 4.91. The molecule has 4 heteroatoms. The molecular formula is C17H26N2OS. The summed E-state index contributed by atoms with van der Waals surface area (Å²) >= 11 is 1.99. The Labute approximate surface area is 132 Å². The quantitative estimate of drug-likeness (QED) is 0.714. The van der Waals surface area contributed by atoms with Crippen molar-refractivity contribution in [1.29, 1.82) is 0 Å². The second-order valence-corrected chi connectivity index (χ2v) is 6.28. The Balaban J connectivity index is 1.88. The van der Waals surface area contributed by atoms with E-state index in [4.69, 9.17) is 4.42 Å². The van der Waals surface area contributed by atoms with Crippen molar-refractivity contribution in [3.8, 4) is 0 Å². The van der Waals surface area contributed by atoms with Crippen LogP contribution in [0.25, 0.3) is 11.0 Å². The van der Waals surface area contributed by atoms with Gasteiger partial charge in [0.1, 0.15) is 11.3 Å². The van der Waals surface area contributed by atoms with Crippen LogP contribution in [0, 0.1) is 0 Å². The Morgan fingerprint density at radius 3 is 2.67 bits per heavy atom. The summed E-state index contributed by atoms with van der Waals surface area (Å²) in [7, 11) is 2.00. The minimum Gasteiger partial charge on any atom is -0.459 e. The molecule has 0 saturated carbocycles. The molecule has 0 fully saturated rings. The van der Waals surface area contributed by atoms with Crippen LogP contribution >= 0.6 is 11.8 Å². The number of fused-ring (bicyclic) bond motifs is 1. The van der Waals surface area contributed by atoms with E-state index >= 15 is 0 Å². The number of para-hydroxylation sites is 1. The summed E-state index contributed by atoms with van der Waals surface area (Å²) in [6, 6.07) is 10.6. The summed E-state index contributed by atoms with van der Waals surface area (Å²) in [6.07, 6.45) is 0. The van der Waals surface area contributed by atoms with Gasteiger partial charge in [0.15, 0.2) is 0 Å². The third-order valence-electron chi connectivity index (χ3n) is 3.87. The zero-order chi connectivity index (χ0) is 15.1. The number of thioether (sulfide) groups is 1. The lowest BCUT2D eigenvalue weighted by Gasteiger charge is -2.18. The largest absolute Gasteiger partial charge is 0.459 e. The van der Waals surface area contributed by atoms with E-state index < -0.39 is 0 Å². The first kappa shape index (κ1) is 16.4. The molecule has 2 rings (SSSR count). The Kier molecular flexibility index (Phi) is 6.61. The second-order valence-electron chi connectivity index (χ2n) is 5.13. The Hall–Kier alpha value is -0.970. The number of furan rings is 1. The maximum atomic E-state index is 5.96. The lowest BCUT2D eigenvalue weighted by Crippen LogP contribution is -2.26. The molecule has 0 spiro atoms. The van der Waals surface area contributed by atoms with Gasteiger partial charge in [-0.2, -0.15) is 11.8 Å². The van der Waals surface area contributed by atoms with Crippen LogP contribution in [-0.4, -0.2) is 43.1 Å². The fraction of sp³-hybridized carbons (Fsp3) is 0.529. The third kappa shape index (κ3) is 4.50. The fourth-order valence-corrected chi connectivity index (χ4v) is 3.54. The maximum Gasteiger partial charge on any atom is 0.134 e. The molecule has 116 valence electrons. The van der Waals surface area contributed by atoms with Crippen molar-refractivity contribution >= 4 is 22.7 Å². The van der Waals surface area contributed by atoms with Crippen LogP contribution < -0.4 is 5.32 Å². The van der Waals surface area contributed by atoms with E-state index in [-0.39, 0.29) is 6.04 Å². The van der Waals surface area contributed by atoms with Crippen molar-refractivity contribution in [1.82, 2.24) is 10.2 Å². The summed E-state index contributed by atoms with van der Waals surface area (Å²) in [4.78, 5) is 2.46. The van der Waals surface area contributed by atoms with Crippen LogP contribution in [0.3, 0.4) is 0 Å². The first-order chi connectivity index (χ1) is 10.3. The number of hydrogen-bond acceptors (Lipinski definition) is 4. The van der Waals surface area contributed by atoms with Crippen molar-refractivity contribution < 1.29 is 4.42 Å². The summed E-state index contributed by atoms with van der Waals surface area (Å²) in [5.74, 6) is 3.24. The number of benzene rings is 1. The molecular weight excluding hydrogens is 280 g/mol. The smallest absolute Gasteiger partial charge is 0.134 e. The van der Waals surface area contributed by atoms with E-state index in [0.717, 1.165) is 36.7 Å². The summed E-state index contributed by atoms with van der Waals surface area (Å²) in [5, 5.41) is 4.55. The monoisotopic (exact) mass is 306 g/mol. The van der Waals surface area contributed by atoms with Crippen molar-refractivity contribution in [3.63, 3.8) is 0 Å². The summed E-state index contributed by atoms with van der Waals surface area (Å²) in [6.45, 7) is 7.87. The first-order valence-corrected chi connectivity index (χ1v) is 8.89. The first-order valence-electron chi connectivity index (χ1n) is 7.74. The van der Waals surface area contributed by atoms with Crippen LogP contribution in [0.15, 0.2) is 34.7 Å². The van der Waals surface area contributed by atoms with E-state index in [1.807, 2.05) is 30.9 Å². The van der Waals surface area contributed by atoms with Gasteiger partial charge in [-0.3, -0.25) is 0 Å². The van der Waals surface area contributed by atoms with Crippen molar-refractivity contribution in [2.75, 3.05) is 38.2 Å². The normalized spacial score (nSPS) is 13.1. The van der Waals surface area contributed by atoms with Crippen LogP contribution in [-0.2, 0) is 0 Å². The highest BCUT2D eigenvalue weighted by Crippen LogP contribution is 2.25. The lowest BCUT2D eigenvalue weighted by atomic mass is 10.2. The molecule has 21 heavy (non-hydrogen) atoms. The highest BCUT2D eigenvalue weighted by molar-refractivity contribution is 7.99.